The lowest BCUT2D eigenvalue weighted by Gasteiger charge is -2.23. The van der Waals surface area contributed by atoms with Crippen molar-refractivity contribution < 1.29 is 23.7 Å². The van der Waals surface area contributed by atoms with Crippen LogP contribution in [0.2, 0.25) is 0 Å². The number of hydrogen-bond donors (Lipinski definition) is 2. The van der Waals surface area contributed by atoms with Crippen LogP contribution in [0.3, 0.4) is 0 Å². The maximum atomic E-state index is 14.2. The highest BCUT2D eigenvalue weighted by Gasteiger charge is 2.26. The van der Waals surface area contributed by atoms with Crippen molar-refractivity contribution in [2.75, 3.05) is 33.9 Å². The summed E-state index contributed by atoms with van der Waals surface area (Å²) >= 11 is 0. The fraction of sp³-hybridized carbons (Fsp3) is 0.500. The van der Waals surface area contributed by atoms with E-state index in [-0.39, 0.29) is 18.0 Å². The minimum atomic E-state index is -0.879. The lowest BCUT2D eigenvalue weighted by atomic mass is 10.1. The van der Waals surface area contributed by atoms with Gasteiger partial charge in [0.05, 0.1) is 13.2 Å². The molecule has 0 bridgehead atoms. The third-order valence-electron chi connectivity index (χ3n) is 2.72. The van der Waals surface area contributed by atoms with Crippen LogP contribution in [0.25, 0.3) is 0 Å². The summed E-state index contributed by atoms with van der Waals surface area (Å²) in [4.78, 5) is 0. The summed E-state index contributed by atoms with van der Waals surface area (Å²) < 4.78 is 29.7. The fourth-order valence-electron chi connectivity index (χ4n) is 1.91. The number of likely N-dealkylation sites (N-methyl/N-ethyl adjacent to an activating group) is 1. The Labute approximate surface area is 104 Å². The average molecular weight is 257 g/mol. The highest BCUT2D eigenvalue weighted by Crippen LogP contribution is 2.42. The van der Waals surface area contributed by atoms with E-state index in [2.05, 4.69) is 5.32 Å². The number of methoxy groups -OCH3 is 1. The number of benzene rings is 1. The summed E-state index contributed by atoms with van der Waals surface area (Å²) in [6.45, 7) is 0.946. The molecule has 0 fully saturated rings. The molecule has 1 unspecified atom stereocenters. The summed E-state index contributed by atoms with van der Waals surface area (Å²) in [5.74, 6) is -0.315. The average Bonchev–Trinajstić information content (AvgIpc) is 2.39. The van der Waals surface area contributed by atoms with Gasteiger partial charge in [-0.3, -0.25) is 0 Å². The molecule has 2 N–H and O–H groups in total. The SMILES string of the molecule is CNCC(O)c1cc2c(c(F)c1OC)OCCO2. The van der Waals surface area contributed by atoms with Gasteiger partial charge in [0.1, 0.15) is 13.2 Å². The smallest absolute Gasteiger partial charge is 0.211 e. The third kappa shape index (κ3) is 2.21. The predicted octanol–water partition coefficient (Wildman–Crippen LogP) is 0.858. The van der Waals surface area contributed by atoms with Gasteiger partial charge in [-0.05, 0) is 13.1 Å². The Morgan fingerprint density at radius 3 is 2.89 bits per heavy atom. The number of rotatable bonds is 4. The highest BCUT2D eigenvalue weighted by atomic mass is 19.1. The third-order valence-corrected chi connectivity index (χ3v) is 2.72. The maximum Gasteiger partial charge on any atom is 0.211 e. The monoisotopic (exact) mass is 257 g/mol. The second-order valence-electron chi connectivity index (χ2n) is 3.91. The van der Waals surface area contributed by atoms with Crippen LogP contribution in [0.15, 0.2) is 6.07 Å². The molecule has 0 aromatic heterocycles. The van der Waals surface area contributed by atoms with Gasteiger partial charge in [-0.1, -0.05) is 0 Å². The van der Waals surface area contributed by atoms with Crippen molar-refractivity contribution in [2.24, 2.45) is 0 Å². The molecule has 0 saturated carbocycles. The van der Waals surface area contributed by atoms with Crippen molar-refractivity contribution in [3.8, 4) is 17.2 Å². The fourth-order valence-corrected chi connectivity index (χ4v) is 1.91. The quantitative estimate of drug-likeness (QED) is 0.837. The van der Waals surface area contributed by atoms with Crippen LogP contribution in [0, 0.1) is 5.82 Å². The summed E-state index contributed by atoms with van der Waals surface area (Å²) in [7, 11) is 3.05. The Morgan fingerprint density at radius 2 is 2.22 bits per heavy atom. The molecule has 1 aliphatic heterocycles. The van der Waals surface area contributed by atoms with E-state index in [1.165, 1.54) is 7.11 Å². The van der Waals surface area contributed by atoms with Gasteiger partial charge in [-0.2, -0.15) is 4.39 Å². The molecule has 0 spiro atoms. The lowest BCUT2D eigenvalue weighted by molar-refractivity contribution is 0.153. The molecular formula is C12H16FNO4. The minimum Gasteiger partial charge on any atom is -0.493 e. The van der Waals surface area contributed by atoms with Gasteiger partial charge in [0.25, 0.3) is 0 Å². The lowest BCUT2D eigenvalue weighted by Crippen LogP contribution is -2.20. The molecule has 1 aliphatic rings. The number of ether oxygens (including phenoxy) is 3. The standard InChI is InChI=1S/C12H16FNO4/c1-14-6-8(15)7-5-9-12(18-4-3-17-9)10(13)11(7)16-2/h5,8,14-15H,3-4,6H2,1-2H3. The number of fused-ring (bicyclic) bond motifs is 1. The van der Waals surface area contributed by atoms with Crippen molar-refractivity contribution in [2.45, 2.75) is 6.10 Å². The second kappa shape index (κ2) is 5.41. The summed E-state index contributed by atoms with van der Waals surface area (Å²) in [5, 5.41) is 12.8. The first-order chi connectivity index (χ1) is 8.69. The van der Waals surface area contributed by atoms with Gasteiger partial charge >= 0.3 is 0 Å². The van der Waals surface area contributed by atoms with Gasteiger partial charge in [0.15, 0.2) is 11.5 Å². The van der Waals surface area contributed by atoms with Crippen molar-refractivity contribution in [3.63, 3.8) is 0 Å². The molecule has 1 heterocycles. The zero-order chi connectivity index (χ0) is 13.1. The molecule has 100 valence electrons. The van der Waals surface area contributed by atoms with E-state index in [4.69, 9.17) is 14.2 Å². The Morgan fingerprint density at radius 1 is 1.50 bits per heavy atom. The van der Waals surface area contributed by atoms with Crippen LogP contribution >= 0.6 is 0 Å². The molecular weight excluding hydrogens is 241 g/mol. The van der Waals surface area contributed by atoms with Crippen LogP contribution in [0.1, 0.15) is 11.7 Å². The Kier molecular flexibility index (Phi) is 3.88. The van der Waals surface area contributed by atoms with Crippen molar-refractivity contribution >= 4 is 0 Å². The normalized spacial score (nSPS) is 15.3. The zero-order valence-electron chi connectivity index (χ0n) is 10.3. The van der Waals surface area contributed by atoms with Gasteiger partial charge in [0.2, 0.25) is 11.6 Å². The molecule has 18 heavy (non-hydrogen) atoms. The van der Waals surface area contributed by atoms with E-state index < -0.39 is 11.9 Å². The molecule has 0 amide bonds. The molecule has 6 heteroatoms. The van der Waals surface area contributed by atoms with E-state index in [1.54, 1.807) is 13.1 Å². The van der Waals surface area contributed by atoms with E-state index >= 15 is 0 Å². The van der Waals surface area contributed by atoms with Gasteiger partial charge in [0, 0.05) is 12.1 Å². The number of nitrogens with one attached hydrogen (secondary N) is 1. The molecule has 0 radical (unpaired) electrons. The molecule has 1 aromatic rings. The molecule has 0 aliphatic carbocycles. The maximum absolute atomic E-state index is 14.2. The highest BCUT2D eigenvalue weighted by molar-refractivity contribution is 5.53. The largest absolute Gasteiger partial charge is 0.493 e. The summed E-state index contributed by atoms with van der Waals surface area (Å²) in [6.07, 6.45) is -0.879. The Balaban J connectivity index is 2.48. The van der Waals surface area contributed by atoms with Gasteiger partial charge in [-0.15, -0.1) is 0 Å². The van der Waals surface area contributed by atoms with E-state index in [9.17, 15) is 9.50 Å². The van der Waals surface area contributed by atoms with Crippen molar-refractivity contribution in [1.29, 1.82) is 0 Å². The number of halogens is 1. The van der Waals surface area contributed by atoms with Crippen molar-refractivity contribution in [1.82, 2.24) is 5.32 Å². The van der Waals surface area contributed by atoms with Crippen LogP contribution in [0.5, 0.6) is 17.2 Å². The molecule has 1 aromatic carbocycles. The Bertz CT molecular complexity index is 439. The topological polar surface area (TPSA) is 60.0 Å². The molecule has 5 nitrogen and oxygen atoms in total. The van der Waals surface area contributed by atoms with E-state index in [0.29, 0.717) is 24.5 Å². The molecule has 0 saturated heterocycles. The van der Waals surface area contributed by atoms with Crippen LogP contribution < -0.4 is 19.5 Å². The van der Waals surface area contributed by atoms with Crippen molar-refractivity contribution in [3.05, 3.63) is 17.4 Å². The van der Waals surface area contributed by atoms with Gasteiger partial charge in [-0.25, -0.2) is 0 Å². The van der Waals surface area contributed by atoms with Crippen LogP contribution in [0.4, 0.5) is 4.39 Å². The Hall–Kier alpha value is -1.53. The number of aliphatic hydroxyl groups excluding tert-OH is 1. The summed E-state index contributed by atoms with van der Waals surface area (Å²) in [5.41, 5.74) is 0.341. The first-order valence-electron chi connectivity index (χ1n) is 5.67. The van der Waals surface area contributed by atoms with Crippen LogP contribution in [-0.4, -0.2) is 39.0 Å². The zero-order valence-corrected chi connectivity index (χ0v) is 10.3. The molecule has 2 rings (SSSR count). The number of hydrogen-bond acceptors (Lipinski definition) is 5. The molecule has 1 atom stereocenters. The van der Waals surface area contributed by atoms with E-state index in [0.717, 1.165) is 0 Å². The van der Waals surface area contributed by atoms with Crippen LogP contribution in [-0.2, 0) is 0 Å². The van der Waals surface area contributed by atoms with Gasteiger partial charge < -0.3 is 24.6 Å². The van der Waals surface area contributed by atoms with E-state index in [1.807, 2.05) is 0 Å². The first kappa shape index (κ1) is 12.9. The minimum absolute atomic E-state index is 0.0120. The summed E-state index contributed by atoms with van der Waals surface area (Å²) in [6, 6.07) is 1.55. The predicted molar refractivity (Wildman–Crippen MR) is 62.8 cm³/mol. The second-order valence-corrected chi connectivity index (χ2v) is 3.91. The first-order valence-corrected chi connectivity index (χ1v) is 5.67. The number of aliphatic hydroxyl groups is 1.